The Morgan fingerprint density at radius 3 is 0.990 bits per heavy atom. The van der Waals surface area contributed by atoms with Crippen molar-refractivity contribution < 1.29 is 0 Å². The van der Waals surface area contributed by atoms with Gasteiger partial charge in [0, 0.05) is 51.1 Å². The number of fused-ring (bicyclic) bond motifs is 21. The Hall–Kier alpha value is -12.0. The van der Waals surface area contributed by atoms with Crippen molar-refractivity contribution in [2.24, 2.45) is 0 Å². The molecule has 98 heavy (non-hydrogen) atoms. The molecule has 0 radical (unpaired) electrons. The third kappa shape index (κ3) is 8.36. The summed E-state index contributed by atoms with van der Waals surface area (Å²) in [6.45, 7) is 0. The predicted molar refractivity (Wildman–Crippen MR) is 428 cm³/mol. The van der Waals surface area contributed by atoms with E-state index in [0.29, 0.717) is 0 Å². The highest BCUT2D eigenvalue weighted by atomic mass is 32.1. The van der Waals surface area contributed by atoms with Gasteiger partial charge < -0.3 is 0 Å². The first-order valence-electron chi connectivity index (χ1n) is 33.9. The summed E-state index contributed by atoms with van der Waals surface area (Å²) in [5.41, 5.74) is 17.3. The topological polar surface area (TPSA) is 0 Å². The number of hydrogen-bond donors (Lipinski definition) is 0. The molecular formula is C96H56S2. The Bertz CT molecular complexity index is 6870. The van der Waals surface area contributed by atoms with Gasteiger partial charge in [-0.25, -0.2) is 0 Å². The van der Waals surface area contributed by atoms with Crippen molar-refractivity contribution in [3.63, 3.8) is 0 Å². The predicted octanol–water partition coefficient (Wildman–Crippen LogP) is 28.5. The van der Waals surface area contributed by atoms with Crippen LogP contribution in [-0.4, -0.2) is 0 Å². The van der Waals surface area contributed by atoms with E-state index in [0.717, 1.165) is 0 Å². The van der Waals surface area contributed by atoms with Crippen LogP contribution in [0.3, 0.4) is 0 Å². The van der Waals surface area contributed by atoms with Gasteiger partial charge in [0.1, 0.15) is 0 Å². The highest BCUT2D eigenvalue weighted by Crippen LogP contribution is 2.52. The minimum atomic E-state index is 1.19. The number of benzene rings is 19. The standard InChI is InChI=1S/C96H56S2/c1-2-21-58(22-3-1)67-25-4-8-29-71(67)92-80-38-17-15-36-78(80)91(79-37-16-18-39-81(79)92)65-47-50-88-86(56-65)94-73-31-10-6-28-70(73)84-54-62(45-48-83(84)96(94)98-88)61-44-42-57-41-43-60(52-66(57)53-61)59-23-20-24-63(51-59)89-74-32-11-13-34-76(74)90(77-35-14-12-33-75(77)89)64-46-49-87-85(55-64)93-72-30-9-5-26-68(72)69-27-7-19-40-82(69)95(93)97-87/h1-56H. The summed E-state index contributed by atoms with van der Waals surface area (Å²) in [7, 11) is 0. The largest absolute Gasteiger partial charge is 0.135 e. The third-order valence-corrected chi connectivity index (χ3v) is 23.6. The molecule has 0 aliphatic carbocycles. The second-order valence-corrected chi connectivity index (χ2v) is 28.5. The molecule has 0 atom stereocenters. The van der Waals surface area contributed by atoms with Crippen LogP contribution in [0.25, 0.3) is 215 Å². The van der Waals surface area contributed by atoms with Crippen molar-refractivity contribution in [2.75, 3.05) is 0 Å². The fraction of sp³-hybridized carbons (Fsp3) is 0. The second kappa shape index (κ2) is 21.7. The average molecular weight is 1270 g/mol. The van der Waals surface area contributed by atoms with Crippen molar-refractivity contribution in [1.29, 1.82) is 0 Å². The van der Waals surface area contributed by atoms with Crippen LogP contribution in [0.15, 0.2) is 340 Å². The number of hydrogen-bond acceptors (Lipinski definition) is 2. The van der Waals surface area contributed by atoms with Gasteiger partial charge in [-0.05, 0) is 213 Å². The molecule has 0 N–H and O–H groups in total. The Morgan fingerprint density at radius 2 is 0.480 bits per heavy atom. The summed E-state index contributed by atoms with van der Waals surface area (Å²) in [5, 5.41) is 28.1. The normalized spacial score (nSPS) is 12.1. The zero-order valence-electron chi connectivity index (χ0n) is 53.1. The van der Waals surface area contributed by atoms with E-state index in [1.807, 2.05) is 22.7 Å². The SMILES string of the molecule is c1ccc(-c2ccccc2-c2c3ccccc3c(-c3ccc4sc5c6ccc(-c7ccc8ccc(-c9cccc(-c%10c%11ccccc%11c(-c%11ccc%12sc%13c%14ccccc%14c%14ccccc%14c%13c%12c%11)c%11ccccc%10%11)c9)cc8c7)cc6c6ccccc6c5c4c3)c3ccccc23)cc1. The fourth-order valence-corrected chi connectivity index (χ4v) is 19.3. The third-order valence-electron chi connectivity index (χ3n) is 21.2. The van der Waals surface area contributed by atoms with Crippen LogP contribution in [0.2, 0.25) is 0 Å². The molecule has 21 aromatic rings. The van der Waals surface area contributed by atoms with Gasteiger partial charge in [-0.15, -0.1) is 22.7 Å². The minimum Gasteiger partial charge on any atom is -0.135 e. The summed E-state index contributed by atoms with van der Waals surface area (Å²) < 4.78 is 5.29. The Labute approximate surface area is 573 Å². The van der Waals surface area contributed by atoms with E-state index in [1.54, 1.807) is 0 Å². The van der Waals surface area contributed by atoms with Crippen molar-refractivity contribution in [3.8, 4) is 77.9 Å². The maximum Gasteiger partial charge on any atom is 0.0440 e. The van der Waals surface area contributed by atoms with Crippen LogP contribution >= 0.6 is 22.7 Å². The molecule has 0 amide bonds. The summed E-state index contributed by atoms with van der Waals surface area (Å²) in [5.74, 6) is 0. The number of rotatable bonds is 7. The summed E-state index contributed by atoms with van der Waals surface area (Å²) in [6.07, 6.45) is 0. The van der Waals surface area contributed by atoms with Gasteiger partial charge in [0.15, 0.2) is 0 Å². The molecule has 0 spiro atoms. The molecule has 0 unspecified atom stereocenters. The number of thiophene rings is 2. The lowest BCUT2D eigenvalue weighted by molar-refractivity contribution is 1.61. The first-order chi connectivity index (χ1) is 48.6. The van der Waals surface area contributed by atoms with Crippen LogP contribution in [0.5, 0.6) is 0 Å². The van der Waals surface area contributed by atoms with Gasteiger partial charge in [0.25, 0.3) is 0 Å². The van der Waals surface area contributed by atoms with E-state index >= 15 is 0 Å². The zero-order valence-corrected chi connectivity index (χ0v) is 54.8. The fourth-order valence-electron chi connectivity index (χ4n) is 16.9. The van der Waals surface area contributed by atoms with Crippen LogP contribution in [0.1, 0.15) is 0 Å². The molecule has 21 rings (SSSR count). The highest BCUT2D eigenvalue weighted by molar-refractivity contribution is 7.27. The van der Waals surface area contributed by atoms with E-state index in [4.69, 9.17) is 0 Å². The molecule has 0 nitrogen and oxygen atoms in total. The van der Waals surface area contributed by atoms with Crippen LogP contribution in [-0.2, 0) is 0 Å². The molecular weight excluding hydrogens is 1220 g/mol. The smallest absolute Gasteiger partial charge is 0.0440 e. The molecule has 0 aliphatic heterocycles. The zero-order chi connectivity index (χ0) is 64.1. The average Bonchev–Trinajstić information content (AvgIpc) is 1.47. The Kier molecular flexibility index (Phi) is 12.3. The quantitative estimate of drug-likeness (QED) is 0.110. The summed E-state index contributed by atoms with van der Waals surface area (Å²) in [6, 6.07) is 128. The molecule has 0 saturated carbocycles. The first kappa shape index (κ1) is 55.3. The lowest BCUT2D eigenvalue weighted by atomic mass is 9.83. The van der Waals surface area contributed by atoms with E-state index in [-0.39, 0.29) is 0 Å². The van der Waals surface area contributed by atoms with E-state index in [2.05, 4.69) is 340 Å². The maximum absolute atomic E-state index is 2.49. The van der Waals surface area contributed by atoms with Gasteiger partial charge in [0.2, 0.25) is 0 Å². The van der Waals surface area contributed by atoms with Crippen molar-refractivity contribution >= 4 is 160 Å². The molecule has 2 heteroatoms. The van der Waals surface area contributed by atoms with E-state index < -0.39 is 0 Å². The van der Waals surface area contributed by atoms with Gasteiger partial charge in [0.05, 0.1) is 0 Å². The minimum absolute atomic E-state index is 1.19. The second-order valence-electron chi connectivity index (χ2n) is 26.4. The van der Waals surface area contributed by atoms with E-state index in [1.165, 1.54) is 215 Å². The van der Waals surface area contributed by atoms with Crippen LogP contribution in [0, 0.1) is 0 Å². The van der Waals surface area contributed by atoms with Gasteiger partial charge in [-0.1, -0.05) is 291 Å². The molecule has 0 fully saturated rings. The summed E-state index contributed by atoms with van der Waals surface area (Å²) in [4.78, 5) is 0. The first-order valence-corrected chi connectivity index (χ1v) is 35.5. The lowest BCUT2D eigenvalue weighted by Crippen LogP contribution is -1.92. The van der Waals surface area contributed by atoms with E-state index in [9.17, 15) is 0 Å². The van der Waals surface area contributed by atoms with Crippen molar-refractivity contribution in [2.45, 2.75) is 0 Å². The summed E-state index contributed by atoms with van der Waals surface area (Å²) >= 11 is 3.84. The molecule has 0 saturated heterocycles. The van der Waals surface area contributed by atoms with Gasteiger partial charge in [-0.3, -0.25) is 0 Å². The van der Waals surface area contributed by atoms with Crippen LogP contribution < -0.4 is 0 Å². The molecule has 0 aliphatic rings. The Balaban J connectivity index is 0.656. The monoisotopic (exact) mass is 1270 g/mol. The maximum atomic E-state index is 2.49. The highest BCUT2D eigenvalue weighted by Gasteiger charge is 2.24. The van der Waals surface area contributed by atoms with Gasteiger partial charge >= 0.3 is 0 Å². The lowest BCUT2D eigenvalue weighted by Gasteiger charge is -2.19. The van der Waals surface area contributed by atoms with Crippen molar-refractivity contribution in [3.05, 3.63) is 340 Å². The molecule has 19 aromatic carbocycles. The van der Waals surface area contributed by atoms with Crippen molar-refractivity contribution in [1.82, 2.24) is 0 Å². The Morgan fingerprint density at radius 1 is 0.153 bits per heavy atom. The van der Waals surface area contributed by atoms with Gasteiger partial charge in [-0.2, -0.15) is 0 Å². The molecule has 452 valence electrons. The molecule has 0 bridgehead atoms. The molecule has 2 heterocycles. The van der Waals surface area contributed by atoms with Crippen LogP contribution in [0.4, 0.5) is 0 Å². The molecule has 2 aromatic heterocycles.